The van der Waals surface area contributed by atoms with Gasteiger partial charge in [0.05, 0.1) is 24.0 Å². The number of nitrogens with one attached hydrogen (secondary N) is 3. The van der Waals surface area contributed by atoms with Crippen molar-refractivity contribution in [3.63, 3.8) is 0 Å². The van der Waals surface area contributed by atoms with Gasteiger partial charge < -0.3 is 25.8 Å². The number of hydrogen-bond acceptors (Lipinski definition) is 8. The van der Waals surface area contributed by atoms with Crippen LogP contribution in [0.15, 0.2) is 48.7 Å². The number of anilines is 1. The molecule has 13 heteroatoms. The Kier molecular flexibility index (Phi) is 6.65. The Bertz CT molecular complexity index is 1800. The number of hydrogen-bond donors (Lipinski definition) is 4. The highest BCUT2D eigenvalue weighted by Gasteiger charge is 2.34. The Morgan fingerprint density at radius 2 is 1.98 bits per heavy atom. The van der Waals surface area contributed by atoms with Gasteiger partial charge in [-0.3, -0.25) is 19.2 Å². The molecule has 1 unspecified atom stereocenters. The summed E-state index contributed by atoms with van der Waals surface area (Å²) in [6.45, 7) is 3.12. The molecule has 0 radical (unpaired) electrons. The van der Waals surface area contributed by atoms with Crippen molar-refractivity contribution in [3.8, 4) is 5.75 Å². The minimum Gasteiger partial charge on any atom is -0.479 e. The average molecular weight is 573 g/mol. The van der Waals surface area contributed by atoms with E-state index in [1.165, 1.54) is 13.0 Å². The quantitative estimate of drug-likeness (QED) is 0.255. The fraction of sp³-hybridized carbons (Fsp3) is 0.241. The number of ketones is 1. The second kappa shape index (κ2) is 10.3. The summed E-state index contributed by atoms with van der Waals surface area (Å²) in [6.07, 6.45) is -0.468. The fourth-order valence-electron chi connectivity index (χ4n) is 5.10. The number of nitrogens with zero attached hydrogens (tertiary/aromatic N) is 3. The number of amides is 3. The number of halogens is 1. The third-order valence-electron chi connectivity index (χ3n) is 7.31. The number of fused-ring (bicyclic) bond motifs is 3. The molecule has 0 saturated heterocycles. The smallest absolute Gasteiger partial charge is 0.270 e. The monoisotopic (exact) mass is 572 g/mol. The van der Waals surface area contributed by atoms with Crippen LogP contribution in [0.2, 0.25) is 0 Å². The molecule has 12 nitrogen and oxygen atoms in total. The third-order valence-corrected chi connectivity index (χ3v) is 7.31. The molecule has 3 heterocycles. The predicted molar refractivity (Wildman–Crippen MR) is 146 cm³/mol. The van der Waals surface area contributed by atoms with Crippen molar-refractivity contribution in [2.24, 2.45) is 0 Å². The van der Waals surface area contributed by atoms with E-state index in [1.807, 2.05) is 0 Å². The summed E-state index contributed by atoms with van der Waals surface area (Å²) in [5.74, 6) is -2.13. The maximum atomic E-state index is 14.5. The SMILES string of the molecule is CC(=O)c1ccc2c(c1)C[C@@H](O)[C@@H]2NC(=O)c1cc(C(=O)NCc2ccc3c(c2)NC(=O)C(C)O3)nc2c(F)cnn12. The third kappa shape index (κ3) is 4.83. The maximum absolute atomic E-state index is 14.5. The number of benzene rings is 2. The van der Waals surface area contributed by atoms with Crippen LogP contribution in [0.25, 0.3) is 5.65 Å². The van der Waals surface area contributed by atoms with E-state index < -0.39 is 35.9 Å². The van der Waals surface area contributed by atoms with Crippen LogP contribution in [-0.4, -0.2) is 55.4 Å². The van der Waals surface area contributed by atoms with E-state index in [9.17, 15) is 28.7 Å². The zero-order valence-corrected chi connectivity index (χ0v) is 22.5. The highest BCUT2D eigenvalue weighted by atomic mass is 19.1. The molecule has 1 aliphatic carbocycles. The molecular weight excluding hydrogens is 547 g/mol. The first-order valence-electron chi connectivity index (χ1n) is 13.1. The average Bonchev–Trinajstić information content (AvgIpc) is 3.49. The number of aliphatic hydroxyl groups excluding tert-OH is 1. The Labute approximate surface area is 237 Å². The first-order valence-corrected chi connectivity index (χ1v) is 13.1. The molecule has 214 valence electrons. The number of ether oxygens (including phenoxy) is 1. The van der Waals surface area contributed by atoms with Crippen molar-refractivity contribution in [2.75, 3.05) is 5.32 Å². The molecule has 2 aliphatic rings. The summed E-state index contributed by atoms with van der Waals surface area (Å²) in [7, 11) is 0. The van der Waals surface area contributed by atoms with Crippen molar-refractivity contribution < 1.29 is 33.4 Å². The van der Waals surface area contributed by atoms with Gasteiger partial charge >= 0.3 is 0 Å². The molecule has 0 saturated carbocycles. The van der Waals surface area contributed by atoms with Crippen LogP contribution >= 0.6 is 0 Å². The molecule has 0 bridgehead atoms. The predicted octanol–water partition coefficient (Wildman–Crippen LogP) is 2.11. The van der Waals surface area contributed by atoms with Crippen molar-refractivity contribution in [2.45, 2.75) is 45.1 Å². The summed E-state index contributed by atoms with van der Waals surface area (Å²) in [6, 6.07) is 10.4. The molecule has 2 aromatic heterocycles. The van der Waals surface area contributed by atoms with Crippen LogP contribution in [0.3, 0.4) is 0 Å². The largest absolute Gasteiger partial charge is 0.479 e. The standard InChI is InChI=1S/C29H25FN6O6/c1-13(37)16-4-5-18-17(8-16)9-23(38)25(18)35-29(41)22-10-21(33-26-19(30)12-32-36(22)26)28(40)31-11-15-3-6-24-20(7-15)34-27(39)14(2)42-24/h3-8,10,12,14,23,25,38H,9,11H2,1-2H3,(H,31,40)(H,34,39)(H,35,41)/t14?,23-,25-/m1/s1. The minimum atomic E-state index is -0.962. The molecule has 1 aliphatic heterocycles. The lowest BCUT2D eigenvalue weighted by atomic mass is 10.0. The number of carbonyl (C=O) groups excluding carboxylic acids is 4. The Morgan fingerprint density at radius 3 is 2.76 bits per heavy atom. The van der Waals surface area contributed by atoms with Gasteiger partial charge in [0, 0.05) is 24.6 Å². The lowest BCUT2D eigenvalue weighted by molar-refractivity contribution is -0.122. The normalized spacial score (nSPS) is 19.0. The number of aromatic nitrogens is 3. The molecule has 4 aromatic rings. The van der Waals surface area contributed by atoms with Gasteiger partial charge in [-0.25, -0.2) is 13.9 Å². The van der Waals surface area contributed by atoms with E-state index in [2.05, 4.69) is 26.0 Å². The second-order valence-corrected chi connectivity index (χ2v) is 10.2. The van der Waals surface area contributed by atoms with Crippen LogP contribution < -0.4 is 20.7 Å². The molecule has 3 atom stereocenters. The van der Waals surface area contributed by atoms with E-state index in [-0.39, 0.29) is 41.7 Å². The van der Waals surface area contributed by atoms with Gasteiger partial charge in [0.1, 0.15) is 17.1 Å². The Morgan fingerprint density at radius 1 is 1.17 bits per heavy atom. The first-order chi connectivity index (χ1) is 20.1. The van der Waals surface area contributed by atoms with Crippen LogP contribution in [0.5, 0.6) is 5.75 Å². The Balaban J connectivity index is 1.23. The summed E-state index contributed by atoms with van der Waals surface area (Å²) in [4.78, 5) is 54.3. The van der Waals surface area contributed by atoms with Crippen LogP contribution in [0.1, 0.15) is 67.9 Å². The lowest BCUT2D eigenvalue weighted by Crippen LogP contribution is -2.35. The van der Waals surface area contributed by atoms with E-state index in [0.29, 0.717) is 28.1 Å². The van der Waals surface area contributed by atoms with Crippen molar-refractivity contribution in [1.29, 1.82) is 0 Å². The van der Waals surface area contributed by atoms with Crippen molar-refractivity contribution in [3.05, 3.63) is 88.1 Å². The van der Waals surface area contributed by atoms with Gasteiger partial charge in [-0.2, -0.15) is 5.10 Å². The molecule has 2 aromatic carbocycles. The first kappa shape index (κ1) is 27.0. The highest BCUT2D eigenvalue weighted by Crippen LogP contribution is 2.33. The summed E-state index contributed by atoms with van der Waals surface area (Å²) < 4.78 is 21.1. The van der Waals surface area contributed by atoms with Gasteiger partial charge in [-0.1, -0.05) is 18.2 Å². The number of aliphatic hydroxyl groups is 1. The van der Waals surface area contributed by atoms with E-state index in [4.69, 9.17) is 4.74 Å². The summed E-state index contributed by atoms with van der Waals surface area (Å²) >= 11 is 0. The lowest BCUT2D eigenvalue weighted by Gasteiger charge is -2.23. The number of rotatable bonds is 6. The van der Waals surface area contributed by atoms with Gasteiger partial charge in [0.2, 0.25) is 0 Å². The molecule has 4 N–H and O–H groups in total. The summed E-state index contributed by atoms with van der Waals surface area (Å²) in [5.41, 5.74) is 2.27. The van der Waals surface area contributed by atoms with E-state index in [1.54, 1.807) is 43.3 Å². The van der Waals surface area contributed by atoms with E-state index >= 15 is 0 Å². The second-order valence-electron chi connectivity index (χ2n) is 10.2. The zero-order chi connectivity index (χ0) is 29.7. The number of carbonyl (C=O) groups is 4. The molecule has 0 spiro atoms. The zero-order valence-electron chi connectivity index (χ0n) is 22.5. The molecule has 0 fully saturated rings. The van der Waals surface area contributed by atoms with Crippen LogP contribution in [0, 0.1) is 5.82 Å². The van der Waals surface area contributed by atoms with Crippen LogP contribution in [0.4, 0.5) is 10.1 Å². The molecular formula is C29H25FN6O6. The summed E-state index contributed by atoms with van der Waals surface area (Å²) in [5, 5.41) is 22.8. The number of Topliss-reactive ketones (excluding diaryl/α,β-unsaturated/α-hetero) is 1. The van der Waals surface area contributed by atoms with Gasteiger partial charge in [-0.15, -0.1) is 0 Å². The highest BCUT2D eigenvalue weighted by molar-refractivity contribution is 5.99. The topological polar surface area (TPSA) is 164 Å². The molecule has 3 amide bonds. The maximum Gasteiger partial charge on any atom is 0.270 e. The Hall–Kier alpha value is -5.17. The van der Waals surface area contributed by atoms with Gasteiger partial charge in [-0.05, 0) is 48.7 Å². The van der Waals surface area contributed by atoms with Crippen molar-refractivity contribution >= 4 is 34.8 Å². The van der Waals surface area contributed by atoms with E-state index in [0.717, 1.165) is 16.3 Å². The van der Waals surface area contributed by atoms with Crippen molar-refractivity contribution in [1.82, 2.24) is 25.2 Å². The molecule has 42 heavy (non-hydrogen) atoms. The fourth-order valence-corrected chi connectivity index (χ4v) is 5.10. The minimum absolute atomic E-state index is 0.0426. The van der Waals surface area contributed by atoms with Gasteiger partial charge in [0.15, 0.2) is 23.4 Å². The van der Waals surface area contributed by atoms with Crippen LogP contribution in [-0.2, 0) is 17.8 Å². The molecule has 6 rings (SSSR count). The van der Waals surface area contributed by atoms with Gasteiger partial charge in [0.25, 0.3) is 17.7 Å².